The lowest BCUT2D eigenvalue weighted by molar-refractivity contribution is -0.116. The average molecular weight is 313 g/mol. The van der Waals surface area contributed by atoms with Gasteiger partial charge in [-0.1, -0.05) is 42.1 Å². The Morgan fingerprint density at radius 2 is 2.25 bits per heavy atom. The van der Waals surface area contributed by atoms with Crippen molar-refractivity contribution in [1.29, 1.82) is 0 Å². The van der Waals surface area contributed by atoms with Gasteiger partial charge >= 0.3 is 0 Å². The van der Waals surface area contributed by atoms with Crippen molar-refractivity contribution in [1.82, 2.24) is 15.4 Å². The zero-order valence-electron chi connectivity index (χ0n) is 11.3. The third-order valence-electron chi connectivity index (χ3n) is 2.39. The van der Waals surface area contributed by atoms with Gasteiger partial charge in [-0.15, -0.1) is 10.2 Å². The predicted octanol–water partition coefficient (Wildman–Crippen LogP) is 2.17. The molecule has 0 aliphatic carbocycles. The number of hydrogen-bond donors (Lipinski definition) is 2. The molecule has 0 aliphatic rings. The van der Waals surface area contributed by atoms with E-state index in [4.69, 9.17) is 10.3 Å². The maximum Gasteiger partial charge on any atom is 0.239 e. The molecule has 9 heteroatoms. The number of aryl methyl sites for hydroxylation is 1. The Balaban J connectivity index is 2.06. The fraction of sp³-hybridized carbons (Fsp3) is 0.455. The van der Waals surface area contributed by atoms with E-state index < -0.39 is 0 Å². The number of carbonyl (C=O) groups excluding carboxylic acids is 1. The zero-order valence-corrected chi connectivity index (χ0v) is 12.9. The molecule has 20 heavy (non-hydrogen) atoms. The molecule has 1 unspecified atom stereocenters. The number of aromatic nitrogens is 3. The van der Waals surface area contributed by atoms with E-state index >= 15 is 0 Å². The second-order valence-corrected chi connectivity index (χ2v) is 6.90. The molecular formula is C11H15N5O2S2. The topological polar surface area (TPSA) is 107 Å². The van der Waals surface area contributed by atoms with Crippen LogP contribution in [0.4, 0.5) is 10.9 Å². The van der Waals surface area contributed by atoms with Crippen LogP contribution in [0.5, 0.6) is 0 Å². The van der Waals surface area contributed by atoms with E-state index in [1.165, 1.54) is 23.1 Å². The van der Waals surface area contributed by atoms with E-state index in [1.54, 1.807) is 13.0 Å². The monoisotopic (exact) mass is 313 g/mol. The first kappa shape index (κ1) is 14.8. The number of nitrogens with zero attached hydrogens (tertiary/aromatic N) is 3. The summed E-state index contributed by atoms with van der Waals surface area (Å²) in [6.07, 6.45) is 0. The van der Waals surface area contributed by atoms with Crippen molar-refractivity contribution in [2.24, 2.45) is 5.92 Å². The van der Waals surface area contributed by atoms with Crippen molar-refractivity contribution < 1.29 is 9.32 Å². The molecule has 0 aromatic carbocycles. The Morgan fingerprint density at radius 1 is 1.50 bits per heavy atom. The summed E-state index contributed by atoms with van der Waals surface area (Å²) in [5.41, 5.74) is 5.54. The zero-order chi connectivity index (χ0) is 14.7. The first-order valence-electron chi connectivity index (χ1n) is 5.95. The van der Waals surface area contributed by atoms with Crippen LogP contribution < -0.4 is 11.1 Å². The van der Waals surface area contributed by atoms with Crippen LogP contribution >= 0.6 is 23.1 Å². The fourth-order valence-electron chi connectivity index (χ4n) is 1.49. The Kier molecular flexibility index (Phi) is 4.61. The number of nitrogen functional groups attached to an aromatic ring is 1. The van der Waals surface area contributed by atoms with Crippen LogP contribution in [0.25, 0.3) is 0 Å². The SMILES string of the molecule is Cc1cc(NC(=O)C(Sc2nnc(N)s2)C(C)C)no1. The summed E-state index contributed by atoms with van der Waals surface area (Å²) in [5, 5.41) is 14.2. The Bertz CT molecular complexity index is 595. The lowest BCUT2D eigenvalue weighted by Gasteiger charge is -2.17. The molecule has 3 N–H and O–H groups in total. The Hall–Kier alpha value is -1.61. The van der Waals surface area contributed by atoms with Crippen molar-refractivity contribution in [2.45, 2.75) is 30.4 Å². The molecular weight excluding hydrogens is 298 g/mol. The number of nitrogens with two attached hydrogens (primary N) is 1. The van der Waals surface area contributed by atoms with Crippen LogP contribution in [0.2, 0.25) is 0 Å². The first-order chi connectivity index (χ1) is 9.45. The lowest BCUT2D eigenvalue weighted by atomic mass is 10.1. The highest BCUT2D eigenvalue weighted by atomic mass is 32.2. The standard InChI is InChI=1S/C11H15N5O2S2/c1-5(2)8(19-11-15-14-10(12)20-11)9(17)13-7-4-6(3)18-16-7/h4-5,8H,1-3H3,(H2,12,14)(H,13,16,17). The van der Waals surface area contributed by atoms with Gasteiger partial charge in [-0.2, -0.15) is 0 Å². The smallest absolute Gasteiger partial charge is 0.239 e. The largest absolute Gasteiger partial charge is 0.374 e. The van der Waals surface area contributed by atoms with Crippen molar-refractivity contribution in [3.05, 3.63) is 11.8 Å². The molecule has 2 rings (SSSR count). The van der Waals surface area contributed by atoms with E-state index in [-0.39, 0.29) is 17.1 Å². The van der Waals surface area contributed by atoms with Gasteiger partial charge in [0, 0.05) is 6.07 Å². The molecule has 0 saturated heterocycles. The van der Waals surface area contributed by atoms with Crippen LogP contribution in [0.15, 0.2) is 14.9 Å². The molecule has 2 aromatic rings. The molecule has 1 amide bonds. The Morgan fingerprint density at radius 3 is 2.75 bits per heavy atom. The maximum atomic E-state index is 12.3. The van der Waals surface area contributed by atoms with Crippen molar-refractivity contribution in [3.63, 3.8) is 0 Å². The van der Waals surface area contributed by atoms with Gasteiger partial charge < -0.3 is 15.6 Å². The summed E-state index contributed by atoms with van der Waals surface area (Å²) in [6, 6.07) is 1.67. The van der Waals surface area contributed by atoms with E-state index in [2.05, 4.69) is 20.7 Å². The molecule has 2 aromatic heterocycles. The lowest BCUT2D eigenvalue weighted by Crippen LogP contribution is -2.29. The summed E-state index contributed by atoms with van der Waals surface area (Å²) in [7, 11) is 0. The summed E-state index contributed by atoms with van der Waals surface area (Å²) >= 11 is 2.61. The molecule has 2 heterocycles. The highest BCUT2D eigenvalue weighted by Crippen LogP contribution is 2.31. The van der Waals surface area contributed by atoms with Gasteiger partial charge in [0.25, 0.3) is 0 Å². The molecule has 0 bridgehead atoms. The average Bonchev–Trinajstić information content (AvgIpc) is 2.95. The minimum absolute atomic E-state index is 0.123. The summed E-state index contributed by atoms with van der Waals surface area (Å²) < 4.78 is 5.59. The van der Waals surface area contributed by atoms with Gasteiger partial charge in [-0.3, -0.25) is 4.79 Å². The number of amides is 1. The van der Waals surface area contributed by atoms with Gasteiger partial charge in [0.15, 0.2) is 10.2 Å². The second kappa shape index (κ2) is 6.23. The van der Waals surface area contributed by atoms with Gasteiger partial charge in [-0.25, -0.2) is 0 Å². The third-order valence-corrected chi connectivity index (χ3v) is 4.77. The van der Waals surface area contributed by atoms with Crippen LogP contribution in [0, 0.1) is 12.8 Å². The number of anilines is 2. The number of hydrogen-bond acceptors (Lipinski definition) is 8. The minimum atomic E-state index is -0.306. The first-order valence-corrected chi connectivity index (χ1v) is 7.65. The molecule has 0 aliphatic heterocycles. The molecule has 0 spiro atoms. The van der Waals surface area contributed by atoms with Crippen molar-refractivity contribution in [2.75, 3.05) is 11.1 Å². The van der Waals surface area contributed by atoms with E-state index in [1.807, 2.05) is 13.8 Å². The van der Waals surface area contributed by atoms with Crippen LogP contribution in [0.1, 0.15) is 19.6 Å². The summed E-state index contributed by atoms with van der Waals surface area (Å²) in [6.45, 7) is 5.70. The van der Waals surface area contributed by atoms with Gasteiger partial charge in [0.05, 0.1) is 5.25 Å². The van der Waals surface area contributed by atoms with Crippen LogP contribution in [0.3, 0.4) is 0 Å². The van der Waals surface area contributed by atoms with E-state index in [9.17, 15) is 4.79 Å². The van der Waals surface area contributed by atoms with E-state index in [0.29, 0.717) is 21.0 Å². The molecule has 0 radical (unpaired) electrons. The van der Waals surface area contributed by atoms with Crippen LogP contribution in [-0.4, -0.2) is 26.5 Å². The highest BCUT2D eigenvalue weighted by Gasteiger charge is 2.26. The van der Waals surface area contributed by atoms with Crippen molar-refractivity contribution >= 4 is 40.0 Å². The van der Waals surface area contributed by atoms with E-state index in [0.717, 1.165) is 0 Å². The van der Waals surface area contributed by atoms with Gasteiger partial charge in [0.1, 0.15) is 5.76 Å². The molecule has 0 fully saturated rings. The van der Waals surface area contributed by atoms with Gasteiger partial charge in [-0.05, 0) is 12.8 Å². The van der Waals surface area contributed by atoms with Gasteiger partial charge in [0.2, 0.25) is 11.0 Å². The Labute approximate surface area is 124 Å². The summed E-state index contributed by atoms with van der Waals surface area (Å²) in [5.74, 6) is 1.03. The van der Waals surface area contributed by atoms with Crippen molar-refractivity contribution in [3.8, 4) is 0 Å². The molecule has 0 saturated carbocycles. The number of carbonyl (C=O) groups is 1. The second-order valence-electron chi connectivity index (χ2n) is 4.50. The normalized spacial score (nSPS) is 12.6. The predicted molar refractivity (Wildman–Crippen MR) is 78.7 cm³/mol. The quantitative estimate of drug-likeness (QED) is 0.814. The van der Waals surface area contributed by atoms with Crippen LogP contribution in [-0.2, 0) is 4.79 Å². The highest BCUT2D eigenvalue weighted by molar-refractivity contribution is 8.02. The number of thioether (sulfide) groups is 1. The fourth-order valence-corrected chi connectivity index (χ4v) is 3.34. The minimum Gasteiger partial charge on any atom is -0.374 e. The number of rotatable bonds is 5. The molecule has 7 nitrogen and oxygen atoms in total. The molecule has 108 valence electrons. The summed E-state index contributed by atoms with van der Waals surface area (Å²) in [4.78, 5) is 12.3. The third kappa shape index (κ3) is 3.70. The number of nitrogens with one attached hydrogen (secondary N) is 1. The maximum absolute atomic E-state index is 12.3. The molecule has 1 atom stereocenters.